The second-order valence-electron chi connectivity index (χ2n) is 10.2. The van der Waals surface area contributed by atoms with Gasteiger partial charge >= 0.3 is 0 Å². The van der Waals surface area contributed by atoms with Gasteiger partial charge in [0, 0.05) is 34.6 Å². The van der Waals surface area contributed by atoms with Crippen molar-refractivity contribution >= 4 is 50.7 Å². The zero-order chi connectivity index (χ0) is 29.6. The summed E-state index contributed by atoms with van der Waals surface area (Å²) in [6, 6.07) is 18.0. The van der Waals surface area contributed by atoms with Gasteiger partial charge in [-0.05, 0) is 54.8 Å². The Labute approximate surface area is 250 Å². The van der Waals surface area contributed by atoms with Crippen LogP contribution in [0.25, 0.3) is 0 Å². The van der Waals surface area contributed by atoms with E-state index < -0.39 is 34.3 Å². The molecule has 0 unspecified atom stereocenters. The summed E-state index contributed by atoms with van der Waals surface area (Å²) < 4.78 is 40.1. The molecule has 41 heavy (non-hydrogen) atoms. The minimum Gasteiger partial charge on any atom is -0.352 e. The molecule has 1 aliphatic rings. The molecule has 0 spiro atoms. The maximum absolute atomic E-state index is 14.1. The smallest absolute Gasteiger partial charge is 0.244 e. The van der Waals surface area contributed by atoms with Gasteiger partial charge in [-0.3, -0.25) is 13.9 Å². The number of carbonyl (C=O) groups excluding carboxylic acids is 2. The first-order valence-electron chi connectivity index (χ1n) is 13.3. The van der Waals surface area contributed by atoms with Crippen molar-refractivity contribution in [3.63, 3.8) is 0 Å². The number of rotatable bonds is 11. The van der Waals surface area contributed by atoms with Crippen molar-refractivity contribution in [3.8, 4) is 0 Å². The third-order valence-electron chi connectivity index (χ3n) is 7.16. The second-order valence-corrected chi connectivity index (χ2v) is 12.9. The van der Waals surface area contributed by atoms with Crippen LogP contribution in [0.1, 0.15) is 36.8 Å². The lowest BCUT2D eigenvalue weighted by Gasteiger charge is -2.34. The van der Waals surface area contributed by atoms with Crippen molar-refractivity contribution in [2.45, 2.75) is 50.7 Å². The third-order valence-corrected chi connectivity index (χ3v) is 9.01. The molecule has 0 bridgehead atoms. The van der Waals surface area contributed by atoms with Gasteiger partial charge in [-0.2, -0.15) is 0 Å². The topological polar surface area (TPSA) is 86.8 Å². The van der Waals surface area contributed by atoms with Gasteiger partial charge in [0.2, 0.25) is 21.8 Å². The quantitative estimate of drug-likeness (QED) is 0.303. The van der Waals surface area contributed by atoms with E-state index in [1.807, 2.05) is 30.3 Å². The Bertz CT molecular complexity index is 1450. The van der Waals surface area contributed by atoms with Gasteiger partial charge in [0.05, 0.1) is 11.9 Å². The van der Waals surface area contributed by atoms with E-state index in [9.17, 15) is 22.4 Å². The molecule has 0 saturated heterocycles. The molecule has 3 aromatic rings. The lowest BCUT2D eigenvalue weighted by molar-refractivity contribution is -0.140. The Kier molecular flexibility index (Phi) is 10.3. The summed E-state index contributed by atoms with van der Waals surface area (Å²) >= 11 is 13.0. The molecular weight excluding hydrogens is 588 g/mol. The average Bonchev–Trinajstić information content (AvgIpc) is 3.44. The highest BCUT2D eigenvalue weighted by Crippen LogP contribution is 2.28. The van der Waals surface area contributed by atoms with Gasteiger partial charge in [-0.1, -0.05) is 72.4 Å². The van der Waals surface area contributed by atoms with E-state index in [0.29, 0.717) is 15.6 Å². The number of halogens is 3. The Morgan fingerprint density at radius 2 is 1.56 bits per heavy atom. The van der Waals surface area contributed by atoms with E-state index in [1.54, 1.807) is 18.2 Å². The molecule has 0 aliphatic heterocycles. The fraction of sp³-hybridized carbons (Fsp3) is 0.333. The molecule has 0 aromatic heterocycles. The fourth-order valence-corrected chi connectivity index (χ4v) is 6.36. The molecule has 1 N–H and O–H groups in total. The second kappa shape index (κ2) is 13.7. The fourth-order valence-electron chi connectivity index (χ4n) is 5.00. The first-order valence-corrected chi connectivity index (χ1v) is 15.9. The van der Waals surface area contributed by atoms with Crippen molar-refractivity contribution in [1.82, 2.24) is 10.2 Å². The number of nitrogens with one attached hydrogen (secondary N) is 1. The molecule has 4 rings (SSSR count). The molecule has 218 valence electrons. The van der Waals surface area contributed by atoms with E-state index in [4.69, 9.17) is 23.2 Å². The van der Waals surface area contributed by atoms with Crippen LogP contribution in [0.3, 0.4) is 0 Å². The Balaban J connectivity index is 1.75. The maximum atomic E-state index is 14.1. The minimum atomic E-state index is -3.96. The molecule has 2 amide bonds. The molecule has 1 aliphatic carbocycles. The predicted octanol–water partition coefficient (Wildman–Crippen LogP) is 5.60. The van der Waals surface area contributed by atoms with Gasteiger partial charge in [-0.15, -0.1) is 0 Å². The molecule has 1 atom stereocenters. The monoisotopic (exact) mass is 619 g/mol. The van der Waals surface area contributed by atoms with Gasteiger partial charge in [0.25, 0.3) is 0 Å². The zero-order valence-electron chi connectivity index (χ0n) is 22.6. The van der Waals surface area contributed by atoms with Gasteiger partial charge < -0.3 is 10.2 Å². The summed E-state index contributed by atoms with van der Waals surface area (Å²) in [5.41, 5.74) is 1.37. The van der Waals surface area contributed by atoms with E-state index >= 15 is 0 Å². The zero-order valence-corrected chi connectivity index (χ0v) is 24.9. The first-order chi connectivity index (χ1) is 19.5. The maximum Gasteiger partial charge on any atom is 0.244 e. The highest BCUT2D eigenvalue weighted by Gasteiger charge is 2.35. The summed E-state index contributed by atoms with van der Waals surface area (Å²) in [5.74, 6) is -1.53. The number of sulfonamides is 1. The summed E-state index contributed by atoms with van der Waals surface area (Å²) in [6.07, 6.45) is 4.86. The number of hydrogen-bond acceptors (Lipinski definition) is 4. The Morgan fingerprint density at radius 1 is 0.951 bits per heavy atom. The number of anilines is 1. The highest BCUT2D eigenvalue weighted by atomic mass is 35.5. The van der Waals surface area contributed by atoms with Crippen LogP contribution in [0.5, 0.6) is 0 Å². The van der Waals surface area contributed by atoms with Crippen LogP contribution in [0.2, 0.25) is 10.0 Å². The number of amides is 2. The van der Waals surface area contributed by atoms with E-state index in [0.717, 1.165) is 53.9 Å². The molecule has 1 saturated carbocycles. The van der Waals surface area contributed by atoms with Crippen molar-refractivity contribution in [3.05, 3.63) is 99.8 Å². The van der Waals surface area contributed by atoms with E-state index in [2.05, 4.69) is 5.32 Å². The molecule has 0 radical (unpaired) electrons. The van der Waals surface area contributed by atoms with Crippen LogP contribution < -0.4 is 9.62 Å². The molecule has 3 aromatic carbocycles. The normalized spacial score (nSPS) is 14.4. The van der Waals surface area contributed by atoms with Crippen molar-refractivity contribution < 1.29 is 22.4 Å². The number of carbonyl (C=O) groups is 2. The standard InChI is InChI=1S/C30H32Cl2FN3O4S/c1-41(39,40)36(24-16-14-22(33)15-17-24)20-29(37)35(19-25-26(31)12-7-13-27(25)32)28(18-21-8-3-2-4-9-21)30(38)34-23-10-5-6-11-23/h2-4,7-9,12-17,23,28H,5-6,10-11,18-20H2,1H3,(H,34,38)/t28-/m0/s1. The van der Waals surface area contributed by atoms with E-state index in [1.165, 1.54) is 17.0 Å². The number of nitrogens with zero attached hydrogens (tertiary/aromatic N) is 2. The van der Waals surface area contributed by atoms with Crippen molar-refractivity contribution in [1.29, 1.82) is 0 Å². The molecule has 1 fully saturated rings. The van der Waals surface area contributed by atoms with Crippen LogP contribution in [-0.4, -0.2) is 50.0 Å². The summed E-state index contributed by atoms with van der Waals surface area (Å²) in [4.78, 5) is 29.3. The Morgan fingerprint density at radius 3 is 2.15 bits per heavy atom. The summed E-state index contributed by atoms with van der Waals surface area (Å²) in [5, 5.41) is 3.72. The van der Waals surface area contributed by atoms with E-state index in [-0.39, 0.29) is 30.6 Å². The van der Waals surface area contributed by atoms with Crippen LogP contribution in [0.15, 0.2) is 72.8 Å². The first kappa shape index (κ1) is 30.8. The Hall–Kier alpha value is -3.14. The average molecular weight is 621 g/mol. The summed E-state index contributed by atoms with van der Waals surface area (Å²) in [6.45, 7) is -0.748. The van der Waals surface area contributed by atoms with Crippen LogP contribution >= 0.6 is 23.2 Å². The van der Waals surface area contributed by atoms with Crippen molar-refractivity contribution in [2.75, 3.05) is 17.1 Å². The van der Waals surface area contributed by atoms with Crippen LogP contribution in [-0.2, 0) is 32.6 Å². The number of benzene rings is 3. The number of hydrogen-bond donors (Lipinski definition) is 1. The lowest BCUT2D eigenvalue weighted by Crippen LogP contribution is -2.54. The SMILES string of the molecule is CS(=O)(=O)N(CC(=O)N(Cc1c(Cl)cccc1Cl)[C@@H](Cc1ccccc1)C(=O)NC1CCCC1)c1ccc(F)cc1. The highest BCUT2D eigenvalue weighted by molar-refractivity contribution is 7.92. The van der Waals surface area contributed by atoms with Crippen molar-refractivity contribution in [2.24, 2.45) is 0 Å². The molecule has 0 heterocycles. The minimum absolute atomic E-state index is 0.00615. The molecule has 11 heteroatoms. The van der Waals surface area contributed by atoms with Crippen LogP contribution in [0, 0.1) is 5.82 Å². The van der Waals surface area contributed by atoms with Gasteiger partial charge in [-0.25, -0.2) is 12.8 Å². The molecule has 7 nitrogen and oxygen atoms in total. The van der Waals surface area contributed by atoms with Gasteiger partial charge in [0.1, 0.15) is 18.4 Å². The van der Waals surface area contributed by atoms with Gasteiger partial charge in [0.15, 0.2) is 0 Å². The summed E-state index contributed by atoms with van der Waals surface area (Å²) in [7, 11) is -3.96. The largest absolute Gasteiger partial charge is 0.352 e. The molecular formula is C30H32Cl2FN3O4S. The lowest BCUT2D eigenvalue weighted by atomic mass is 10.0. The van der Waals surface area contributed by atoms with Crippen LogP contribution in [0.4, 0.5) is 10.1 Å². The third kappa shape index (κ3) is 8.21. The predicted molar refractivity (Wildman–Crippen MR) is 160 cm³/mol.